The highest BCUT2D eigenvalue weighted by Gasteiger charge is 2.13. The van der Waals surface area contributed by atoms with E-state index in [0.717, 1.165) is 21.9 Å². The van der Waals surface area contributed by atoms with E-state index in [-0.39, 0.29) is 11.2 Å². The smallest absolute Gasteiger partial charge is 0.253 e. The quantitative estimate of drug-likeness (QED) is 0.499. The number of benzene rings is 2. The van der Waals surface area contributed by atoms with Gasteiger partial charge in [0, 0.05) is 4.90 Å². The van der Waals surface area contributed by atoms with Crippen LogP contribution in [0.5, 0.6) is 5.75 Å². The van der Waals surface area contributed by atoms with Crippen LogP contribution in [0.1, 0.15) is 19.4 Å². The van der Waals surface area contributed by atoms with Crippen LogP contribution in [0.25, 0.3) is 0 Å². The third-order valence-corrected chi connectivity index (χ3v) is 4.38. The summed E-state index contributed by atoms with van der Waals surface area (Å²) in [6, 6.07) is 17.4. The molecule has 0 spiro atoms. The highest BCUT2D eigenvalue weighted by Crippen LogP contribution is 2.22. The lowest BCUT2D eigenvalue weighted by molar-refractivity contribution is -0.120. The van der Waals surface area contributed by atoms with Crippen molar-refractivity contribution in [3.05, 3.63) is 60.2 Å². The lowest BCUT2D eigenvalue weighted by atomic mass is 10.1. The lowest BCUT2D eigenvalue weighted by Gasteiger charge is -2.10. The van der Waals surface area contributed by atoms with Crippen LogP contribution in [-0.4, -0.2) is 24.0 Å². The van der Waals surface area contributed by atoms with Crippen molar-refractivity contribution >= 4 is 23.4 Å². The Kier molecular flexibility index (Phi) is 6.23. The zero-order valence-corrected chi connectivity index (χ0v) is 14.3. The molecule has 120 valence electrons. The normalized spacial score (nSPS) is 12.6. The number of thioether (sulfide) groups is 1. The molecule has 0 saturated carbocycles. The maximum Gasteiger partial charge on any atom is 0.253 e. The number of hydrazone groups is 1. The van der Waals surface area contributed by atoms with Gasteiger partial charge in [-0.05, 0) is 55.8 Å². The van der Waals surface area contributed by atoms with Crippen LogP contribution in [0.4, 0.5) is 0 Å². The fourth-order valence-corrected chi connectivity index (χ4v) is 2.77. The number of nitrogens with one attached hydrogen (secondary N) is 1. The molecule has 5 heteroatoms. The van der Waals surface area contributed by atoms with Gasteiger partial charge in [-0.1, -0.05) is 18.2 Å². The van der Waals surface area contributed by atoms with Gasteiger partial charge in [-0.2, -0.15) is 5.10 Å². The number of carbonyl (C=O) groups is 1. The number of hydrogen-bond donors (Lipinski definition) is 1. The third kappa shape index (κ3) is 5.14. The molecule has 0 aromatic heterocycles. The molecule has 0 aliphatic heterocycles. The van der Waals surface area contributed by atoms with E-state index in [1.54, 1.807) is 7.11 Å². The van der Waals surface area contributed by atoms with Gasteiger partial charge in [-0.15, -0.1) is 11.8 Å². The number of methoxy groups -OCH3 is 1. The summed E-state index contributed by atoms with van der Waals surface area (Å²) in [6.07, 6.45) is 0. The number of hydrogen-bond acceptors (Lipinski definition) is 4. The Bertz CT molecular complexity index is 669. The second-order valence-electron chi connectivity index (χ2n) is 4.97. The fraction of sp³-hybridized carbons (Fsp3) is 0.222. The predicted octanol–water partition coefficient (Wildman–Crippen LogP) is 3.72. The summed E-state index contributed by atoms with van der Waals surface area (Å²) in [5, 5.41) is 3.96. The largest absolute Gasteiger partial charge is 0.497 e. The Morgan fingerprint density at radius 3 is 2.39 bits per heavy atom. The molecule has 0 fully saturated rings. The molecule has 1 atom stereocenters. The van der Waals surface area contributed by atoms with Crippen LogP contribution < -0.4 is 10.2 Å². The summed E-state index contributed by atoms with van der Waals surface area (Å²) in [7, 11) is 1.63. The van der Waals surface area contributed by atoms with Crippen molar-refractivity contribution in [2.45, 2.75) is 24.0 Å². The monoisotopic (exact) mass is 328 g/mol. The number of ether oxygens (including phenoxy) is 1. The van der Waals surface area contributed by atoms with E-state index in [1.807, 2.05) is 68.4 Å². The summed E-state index contributed by atoms with van der Waals surface area (Å²) >= 11 is 1.51. The summed E-state index contributed by atoms with van der Waals surface area (Å²) in [5.74, 6) is 0.671. The standard InChI is InChI=1S/C18H20N2O2S/c1-13(15-9-11-16(22-3)12-10-15)19-20-18(21)14(2)23-17-7-5-4-6-8-17/h4-12,14H,1-3H3,(H,20,21). The molecular weight excluding hydrogens is 308 g/mol. The Morgan fingerprint density at radius 2 is 1.78 bits per heavy atom. The molecule has 1 amide bonds. The molecule has 2 aromatic carbocycles. The zero-order valence-electron chi connectivity index (χ0n) is 13.4. The van der Waals surface area contributed by atoms with Crippen molar-refractivity contribution in [3.8, 4) is 5.75 Å². The molecule has 0 aliphatic rings. The summed E-state index contributed by atoms with van der Waals surface area (Å²) in [5.41, 5.74) is 4.31. The van der Waals surface area contributed by atoms with Gasteiger partial charge in [0.05, 0.1) is 18.1 Å². The van der Waals surface area contributed by atoms with Crippen LogP contribution in [0, 0.1) is 0 Å². The summed E-state index contributed by atoms with van der Waals surface area (Å²) in [6.45, 7) is 3.72. The van der Waals surface area contributed by atoms with Crippen LogP contribution in [0.3, 0.4) is 0 Å². The highest BCUT2D eigenvalue weighted by molar-refractivity contribution is 8.00. The topological polar surface area (TPSA) is 50.7 Å². The molecule has 0 bridgehead atoms. The SMILES string of the molecule is COc1ccc(C(C)=NNC(=O)C(C)Sc2ccccc2)cc1. The Hall–Kier alpha value is -2.27. The van der Waals surface area contributed by atoms with E-state index in [0.29, 0.717) is 0 Å². The number of nitrogens with zero attached hydrogens (tertiary/aromatic N) is 1. The van der Waals surface area contributed by atoms with E-state index < -0.39 is 0 Å². The van der Waals surface area contributed by atoms with Crippen molar-refractivity contribution in [1.29, 1.82) is 0 Å². The van der Waals surface area contributed by atoms with E-state index in [2.05, 4.69) is 10.5 Å². The molecule has 23 heavy (non-hydrogen) atoms. The molecule has 1 N–H and O–H groups in total. The average Bonchev–Trinajstić information content (AvgIpc) is 2.60. The second-order valence-corrected chi connectivity index (χ2v) is 6.39. The Labute approximate surface area is 140 Å². The first-order valence-electron chi connectivity index (χ1n) is 7.30. The van der Waals surface area contributed by atoms with Gasteiger partial charge in [0.1, 0.15) is 5.75 Å². The molecular formula is C18H20N2O2S. The fourth-order valence-electron chi connectivity index (χ4n) is 1.88. The Balaban J connectivity index is 1.93. The van der Waals surface area contributed by atoms with Crippen molar-refractivity contribution in [2.75, 3.05) is 7.11 Å². The Morgan fingerprint density at radius 1 is 1.13 bits per heavy atom. The van der Waals surface area contributed by atoms with Crippen LogP contribution in [-0.2, 0) is 4.79 Å². The molecule has 2 aromatic rings. The van der Waals surface area contributed by atoms with Crippen LogP contribution >= 0.6 is 11.8 Å². The first-order chi connectivity index (χ1) is 11.1. The number of rotatable bonds is 6. The number of amides is 1. The molecule has 1 unspecified atom stereocenters. The maximum absolute atomic E-state index is 12.1. The number of carbonyl (C=O) groups excluding carboxylic acids is 1. The van der Waals surface area contributed by atoms with Gasteiger partial charge < -0.3 is 4.74 Å². The summed E-state index contributed by atoms with van der Waals surface area (Å²) < 4.78 is 5.12. The van der Waals surface area contributed by atoms with Gasteiger partial charge in [-0.25, -0.2) is 5.43 Å². The molecule has 0 heterocycles. The minimum atomic E-state index is -0.218. The van der Waals surface area contributed by atoms with Gasteiger partial charge >= 0.3 is 0 Å². The van der Waals surface area contributed by atoms with Crippen LogP contribution in [0.15, 0.2) is 64.6 Å². The van der Waals surface area contributed by atoms with Crippen molar-refractivity contribution < 1.29 is 9.53 Å². The lowest BCUT2D eigenvalue weighted by Crippen LogP contribution is -2.27. The maximum atomic E-state index is 12.1. The zero-order chi connectivity index (χ0) is 16.7. The molecule has 4 nitrogen and oxygen atoms in total. The minimum absolute atomic E-state index is 0.119. The average molecular weight is 328 g/mol. The third-order valence-electron chi connectivity index (χ3n) is 3.27. The molecule has 0 aliphatic carbocycles. The van der Waals surface area contributed by atoms with Gasteiger partial charge in [0.2, 0.25) is 0 Å². The van der Waals surface area contributed by atoms with Crippen molar-refractivity contribution in [3.63, 3.8) is 0 Å². The van der Waals surface area contributed by atoms with Gasteiger partial charge in [0.25, 0.3) is 5.91 Å². The van der Waals surface area contributed by atoms with E-state index >= 15 is 0 Å². The molecule has 0 radical (unpaired) electrons. The van der Waals surface area contributed by atoms with E-state index in [9.17, 15) is 4.79 Å². The van der Waals surface area contributed by atoms with E-state index in [1.165, 1.54) is 11.8 Å². The van der Waals surface area contributed by atoms with Crippen LogP contribution in [0.2, 0.25) is 0 Å². The van der Waals surface area contributed by atoms with Crippen molar-refractivity contribution in [2.24, 2.45) is 5.10 Å². The summed E-state index contributed by atoms with van der Waals surface area (Å²) in [4.78, 5) is 13.2. The first kappa shape index (κ1) is 17.1. The van der Waals surface area contributed by atoms with Gasteiger partial charge in [-0.3, -0.25) is 4.79 Å². The minimum Gasteiger partial charge on any atom is -0.497 e. The first-order valence-corrected chi connectivity index (χ1v) is 8.18. The highest BCUT2D eigenvalue weighted by atomic mass is 32.2. The predicted molar refractivity (Wildman–Crippen MR) is 95.1 cm³/mol. The van der Waals surface area contributed by atoms with E-state index in [4.69, 9.17) is 4.74 Å². The van der Waals surface area contributed by atoms with Crippen molar-refractivity contribution in [1.82, 2.24) is 5.43 Å². The second kappa shape index (κ2) is 8.39. The molecule has 2 rings (SSSR count). The van der Waals surface area contributed by atoms with Gasteiger partial charge in [0.15, 0.2) is 0 Å². The molecule has 0 saturated heterocycles.